The van der Waals surface area contributed by atoms with Gasteiger partial charge in [0, 0.05) is 12.1 Å². The second kappa shape index (κ2) is 9.96. The van der Waals surface area contributed by atoms with Crippen LogP contribution in [0.3, 0.4) is 0 Å². The van der Waals surface area contributed by atoms with E-state index in [9.17, 15) is 13.2 Å². The molecule has 9 heteroatoms. The van der Waals surface area contributed by atoms with Crippen molar-refractivity contribution in [2.45, 2.75) is 24.3 Å². The second-order valence-electron chi connectivity index (χ2n) is 8.42. The van der Waals surface area contributed by atoms with Crippen molar-refractivity contribution in [3.05, 3.63) is 112 Å². The summed E-state index contributed by atoms with van der Waals surface area (Å²) in [5.41, 5.74) is 4.42. The molecule has 0 radical (unpaired) electrons. The number of carbonyl (C=O) groups is 1. The van der Waals surface area contributed by atoms with Crippen molar-refractivity contribution in [1.29, 1.82) is 0 Å². The van der Waals surface area contributed by atoms with Crippen LogP contribution in [0.2, 0.25) is 0 Å². The summed E-state index contributed by atoms with van der Waals surface area (Å²) in [6, 6.07) is 26.8. The summed E-state index contributed by atoms with van der Waals surface area (Å²) in [5, 5.41) is 11.4. The fraction of sp³-hybridized carbons (Fsp3) is 0.111. The smallest absolute Gasteiger partial charge is 0.307 e. The number of sulfonamides is 1. The van der Waals surface area contributed by atoms with Crippen LogP contribution < -0.4 is 15.0 Å². The molecule has 1 atom stereocenters. The van der Waals surface area contributed by atoms with Gasteiger partial charge in [0.25, 0.3) is 10.0 Å². The predicted molar refractivity (Wildman–Crippen MR) is 144 cm³/mol. The maximum Gasteiger partial charge on any atom is 0.333 e. The summed E-state index contributed by atoms with van der Waals surface area (Å²) in [6.07, 6.45) is 0.741. The molecule has 2 N–H and O–H groups in total. The van der Waals surface area contributed by atoms with Crippen LogP contribution in [0.1, 0.15) is 28.5 Å². The average molecular weight is 517 g/mol. The number of nitrogens with one attached hydrogen (secondary N) is 2. The highest BCUT2D eigenvalue weighted by Crippen LogP contribution is 2.37. The molecule has 36 heavy (non-hydrogen) atoms. The van der Waals surface area contributed by atoms with Gasteiger partial charge in [-0.15, -0.1) is 11.3 Å². The Labute approximate surface area is 214 Å². The van der Waals surface area contributed by atoms with E-state index in [0.29, 0.717) is 5.69 Å². The molecule has 3 aromatic carbocycles. The van der Waals surface area contributed by atoms with E-state index in [4.69, 9.17) is 5.10 Å². The number of carbonyl (C=O) groups excluding carboxylic acids is 1. The number of anilines is 2. The molecule has 1 aromatic heterocycles. The molecule has 0 bridgehead atoms. The van der Waals surface area contributed by atoms with E-state index in [2.05, 4.69) is 28.2 Å². The molecular weight excluding hydrogens is 492 g/mol. The standard InChI is InChI=1S/C27H24N4O3S2/c1-19-9-11-21(12-10-19)28-27(32)30-36(33,34)23-15-13-22(14-16-23)31-25(20-6-3-2-4-7-20)18-24(29-31)26-8-5-17-35-26/h2-17,25H,18H2,1H3,(H2,28,30,32). The lowest BCUT2D eigenvalue weighted by atomic mass is 10.0. The van der Waals surface area contributed by atoms with E-state index in [1.54, 1.807) is 35.6 Å². The molecule has 0 saturated carbocycles. The highest BCUT2D eigenvalue weighted by molar-refractivity contribution is 7.90. The monoisotopic (exact) mass is 516 g/mol. The number of aryl methyl sites for hydroxylation is 1. The third kappa shape index (κ3) is 5.17. The quantitative estimate of drug-likeness (QED) is 0.333. The lowest BCUT2D eigenvalue weighted by Gasteiger charge is -2.24. The van der Waals surface area contributed by atoms with Gasteiger partial charge in [0.2, 0.25) is 0 Å². The first kappa shape index (κ1) is 23.8. The fourth-order valence-corrected chi connectivity index (χ4v) is 5.66. The van der Waals surface area contributed by atoms with E-state index in [-0.39, 0.29) is 10.9 Å². The van der Waals surface area contributed by atoms with Crippen molar-refractivity contribution in [3.63, 3.8) is 0 Å². The predicted octanol–water partition coefficient (Wildman–Crippen LogP) is 5.92. The van der Waals surface area contributed by atoms with Gasteiger partial charge in [-0.05, 0) is 60.3 Å². The molecule has 2 heterocycles. The maximum absolute atomic E-state index is 12.8. The van der Waals surface area contributed by atoms with Crippen LogP contribution in [0.5, 0.6) is 0 Å². The van der Waals surface area contributed by atoms with Crippen LogP contribution in [0.25, 0.3) is 0 Å². The van der Waals surface area contributed by atoms with Crippen molar-refractivity contribution < 1.29 is 13.2 Å². The molecule has 2 amide bonds. The number of rotatable bonds is 6. The summed E-state index contributed by atoms with van der Waals surface area (Å²) in [4.78, 5) is 13.4. The Balaban J connectivity index is 1.36. The molecule has 1 aliphatic rings. The SMILES string of the molecule is Cc1ccc(NC(=O)NS(=O)(=O)c2ccc(N3N=C(c4cccs4)CC3c3ccccc3)cc2)cc1. The Morgan fingerprint density at radius 2 is 1.67 bits per heavy atom. The normalized spacial score (nSPS) is 15.4. The number of amides is 2. The number of urea groups is 1. The number of hydrogen-bond acceptors (Lipinski definition) is 6. The van der Waals surface area contributed by atoms with Crippen LogP contribution in [-0.2, 0) is 10.0 Å². The van der Waals surface area contributed by atoms with Gasteiger partial charge in [0.1, 0.15) is 0 Å². The number of benzene rings is 3. The fourth-order valence-electron chi connectivity index (χ4n) is 4.03. The third-order valence-corrected chi connectivity index (χ3v) is 8.11. The first-order valence-corrected chi connectivity index (χ1v) is 13.7. The van der Waals surface area contributed by atoms with Gasteiger partial charge in [-0.3, -0.25) is 5.01 Å². The number of hydrogen-bond donors (Lipinski definition) is 2. The number of hydrazone groups is 1. The van der Waals surface area contributed by atoms with Crippen molar-refractivity contribution in [3.8, 4) is 0 Å². The van der Waals surface area contributed by atoms with Gasteiger partial charge in [0.05, 0.1) is 27.2 Å². The number of thiophene rings is 1. The lowest BCUT2D eigenvalue weighted by Crippen LogP contribution is -2.34. The zero-order valence-electron chi connectivity index (χ0n) is 19.5. The number of nitrogens with zero attached hydrogens (tertiary/aromatic N) is 2. The van der Waals surface area contributed by atoms with Crippen molar-refractivity contribution >= 4 is 44.5 Å². The highest BCUT2D eigenvalue weighted by Gasteiger charge is 2.30. The van der Waals surface area contributed by atoms with Crippen LogP contribution >= 0.6 is 11.3 Å². The van der Waals surface area contributed by atoms with Crippen LogP contribution in [0.4, 0.5) is 16.2 Å². The first-order chi connectivity index (χ1) is 17.4. The molecule has 182 valence electrons. The molecule has 1 unspecified atom stereocenters. The van der Waals surface area contributed by atoms with Gasteiger partial charge >= 0.3 is 6.03 Å². The maximum atomic E-state index is 12.8. The second-order valence-corrected chi connectivity index (χ2v) is 11.0. The molecule has 0 aliphatic carbocycles. The van der Waals surface area contributed by atoms with E-state index in [1.165, 1.54) is 12.1 Å². The minimum Gasteiger partial charge on any atom is -0.307 e. The Bertz CT molecular complexity index is 1480. The van der Waals surface area contributed by atoms with Crippen molar-refractivity contribution in [2.24, 2.45) is 5.10 Å². The Hall–Kier alpha value is -3.95. The van der Waals surface area contributed by atoms with Crippen molar-refractivity contribution in [2.75, 3.05) is 10.3 Å². The van der Waals surface area contributed by atoms with E-state index >= 15 is 0 Å². The summed E-state index contributed by atoms with van der Waals surface area (Å²) in [5.74, 6) is 0. The van der Waals surface area contributed by atoms with Gasteiger partial charge < -0.3 is 5.32 Å². The molecule has 1 aliphatic heterocycles. The average Bonchev–Trinajstić information content (AvgIpc) is 3.56. The van der Waals surface area contributed by atoms with Gasteiger partial charge in [-0.2, -0.15) is 5.10 Å². The largest absolute Gasteiger partial charge is 0.333 e. The van der Waals surface area contributed by atoms with Crippen LogP contribution in [0, 0.1) is 6.92 Å². The first-order valence-electron chi connectivity index (χ1n) is 11.4. The summed E-state index contributed by atoms with van der Waals surface area (Å²) >= 11 is 1.64. The zero-order valence-corrected chi connectivity index (χ0v) is 21.1. The van der Waals surface area contributed by atoms with Gasteiger partial charge in [-0.1, -0.05) is 54.1 Å². The molecular formula is C27H24N4O3S2. The van der Waals surface area contributed by atoms with E-state index < -0.39 is 16.1 Å². The third-order valence-electron chi connectivity index (χ3n) is 5.85. The van der Waals surface area contributed by atoms with Crippen LogP contribution in [-0.4, -0.2) is 20.2 Å². The molecule has 5 rings (SSSR count). The van der Waals surface area contributed by atoms with Crippen molar-refractivity contribution in [1.82, 2.24) is 4.72 Å². The Morgan fingerprint density at radius 3 is 2.33 bits per heavy atom. The molecule has 0 spiro atoms. The Morgan fingerprint density at radius 1 is 0.944 bits per heavy atom. The lowest BCUT2D eigenvalue weighted by molar-refractivity contribution is 0.256. The zero-order chi connectivity index (χ0) is 25.1. The van der Waals surface area contributed by atoms with Crippen LogP contribution in [0.15, 0.2) is 106 Å². The molecule has 7 nitrogen and oxygen atoms in total. The summed E-state index contributed by atoms with van der Waals surface area (Å²) in [7, 11) is -4.05. The Kier molecular flexibility index (Phi) is 6.58. The van der Waals surface area contributed by atoms with Gasteiger partial charge in [0.15, 0.2) is 0 Å². The summed E-state index contributed by atoms with van der Waals surface area (Å²) < 4.78 is 27.7. The topological polar surface area (TPSA) is 90.9 Å². The van der Waals surface area contributed by atoms with E-state index in [0.717, 1.165) is 33.8 Å². The molecule has 0 saturated heterocycles. The van der Waals surface area contributed by atoms with Gasteiger partial charge in [-0.25, -0.2) is 17.9 Å². The minimum atomic E-state index is -4.05. The van der Waals surface area contributed by atoms with E-state index in [1.807, 2.05) is 53.7 Å². The molecule has 4 aromatic rings. The molecule has 0 fully saturated rings. The summed E-state index contributed by atoms with van der Waals surface area (Å²) in [6.45, 7) is 1.93. The highest BCUT2D eigenvalue weighted by atomic mass is 32.2. The minimum absolute atomic E-state index is 0.0100.